The normalized spacial score (nSPS) is 19.5. The molecule has 4 heteroatoms. The van der Waals surface area contributed by atoms with Crippen molar-refractivity contribution in [3.05, 3.63) is 34.1 Å². The van der Waals surface area contributed by atoms with Crippen LogP contribution in [0.5, 0.6) is 0 Å². The molecular formula is C12H15BrFNO. The minimum Gasteiger partial charge on any atom is -0.396 e. The summed E-state index contributed by atoms with van der Waals surface area (Å²) in [7, 11) is 1.81. The molecule has 0 aromatic heterocycles. The monoisotopic (exact) mass is 287 g/mol. The van der Waals surface area contributed by atoms with Gasteiger partial charge in [-0.1, -0.05) is 15.9 Å². The highest BCUT2D eigenvalue weighted by atomic mass is 79.9. The maximum absolute atomic E-state index is 13.8. The summed E-state index contributed by atoms with van der Waals surface area (Å²) >= 11 is 3.35. The first-order valence-electron chi connectivity index (χ1n) is 5.36. The molecule has 2 nitrogen and oxygen atoms in total. The van der Waals surface area contributed by atoms with E-state index in [-0.39, 0.29) is 23.9 Å². The fourth-order valence-electron chi connectivity index (χ4n) is 2.23. The van der Waals surface area contributed by atoms with Gasteiger partial charge in [0.2, 0.25) is 0 Å². The van der Waals surface area contributed by atoms with Gasteiger partial charge in [0.1, 0.15) is 5.82 Å². The Morgan fingerprint density at radius 2 is 2.25 bits per heavy atom. The van der Waals surface area contributed by atoms with Crippen molar-refractivity contribution in [2.24, 2.45) is 5.41 Å². The number of hydrogen-bond acceptors (Lipinski definition) is 2. The molecule has 1 aliphatic carbocycles. The Balaban J connectivity index is 2.37. The quantitative estimate of drug-likeness (QED) is 0.892. The number of aliphatic hydroxyl groups excluding tert-OH is 1. The zero-order valence-corrected chi connectivity index (χ0v) is 10.7. The Morgan fingerprint density at radius 1 is 1.56 bits per heavy atom. The van der Waals surface area contributed by atoms with Crippen LogP contribution in [-0.2, 0) is 0 Å². The lowest BCUT2D eigenvalue weighted by Crippen LogP contribution is -2.29. The smallest absolute Gasteiger partial charge is 0.128 e. The van der Waals surface area contributed by atoms with E-state index in [2.05, 4.69) is 21.2 Å². The summed E-state index contributed by atoms with van der Waals surface area (Å²) < 4.78 is 14.6. The van der Waals surface area contributed by atoms with Crippen molar-refractivity contribution in [3.8, 4) is 0 Å². The molecule has 16 heavy (non-hydrogen) atoms. The molecule has 1 unspecified atom stereocenters. The zero-order chi connectivity index (χ0) is 11.8. The first kappa shape index (κ1) is 12.0. The van der Waals surface area contributed by atoms with Crippen LogP contribution in [0, 0.1) is 11.2 Å². The molecule has 1 fully saturated rings. The highest BCUT2D eigenvalue weighted by molar-refractivity contribution is 9.10. The number of hydrogen-bond donors (Lipinski definition) is 2. The first-order chi connectivity index (χ1) is 7.63. The molecule has 1 atom stereocenters. The first-order valence-corrected chi connectivity index (χ1v) is 6.15. The van der Waals surface area contributed by atoms with Crippen LogP contribution in [-0.4, -0.2) is 18.8 Å². The molecule has 0 amide bonds. The number of benzene rings is 1. The Hall–Kier alpha value is -0.450. The fraction of sp³-hybridized carbons (Fsp3) is 0.500. The van der Waals surface area contributed by atoms with Crippen molar-refractivity contribution in [2.75, 3.05) is 13.7 Å². The molecule has 1 saturated carbocycles. The Bertz CT molecular complexity index is 393. The highest BCUT2D eigenvalue weighted by Crippen LogP contribution is 2.54. The van der Waals surface area contributed by atoms with E-state index in [1.807, 2.05) is 0 Å². The van der Waals surface area contributed by atoms with E-state index in [1.54, 1.807) is 19.2 Å². The maximum Gasteiger partial charge on any atom is 0.128 e. The lowest BCUT2D eigenvalue weighted by molar-refractivity contribution is 0.173. The number of nitrogens with one attached hydrogen (secondary N) is 1. The summed E-state index contributed by atoms with van der Waals surface area (Å²) in [5, 5.41) is 12.5. The Morgan fingerprint density at radius 3 is 2.75 bits per heavy atom. The summed E-state index contributed by atoms with van der Waals surface area (Å²) in [5.74, 6) is -0.220. The average molecular weight is 288 g/mol. The van der Waals surface area contributed by atoms with E-state index in [0.29, 0.717) is 5.56 Å². The van der Waals surface area contributed by atoms with Gasteiger partial charge in [-0.3, -0.25) is 0 Å². The van der Waals surface area contributed by atoms with E-state index < -0.39 is 0 Å². The van der Waals surface area contributed by atoms with E-state index in [1.165, 1.54) is 6.07 Å². The van der Waals surface area contributed by atoms with Gasteiger partial charge in [-0.05, 0) is 38.1 Å². The van der Waals surface area contributed by atoms with E-state index in [0.717, 1.165) is 17.3 Å². The van der Waals surface area contributed by atoms with Crippen molar-refractivity contribution in [3.63, 3.8) is 0 Å². The molecule has 0 aliphatic heterocycles. The van der Waals surface area contributed by atoms with Gasteiger partial charge in [-0.15, -0.1) is 0 Å². The molecule has 0 heterocycles. The SMILES string of the molecule is CNC(c1cc(Br)ccc1F)C1(CO)CC1. The topological polar surface area (TPSA) is 32.3 Å². The molecule has 0 saturated heterocycles. The molecule has 88 valence electrons. The van der Waals surface area contributed by atoms with E-state index >= 15 is 0 Å². The van der Waals surface area contributed by atoms with Crippen LogP contribution in [0.4, 0.5) is 4.39 Å². The maximum atomic E-state index is 13.8. The predicted molar refractivity (Wildman–Crippen MR) is 64.7 cm³/mol. The lowest BCUT2D eigenvalue weighted by Gasteiger charge is -2.25. The molecule has 1 aromatic carbocycles. The second-order valence-electron chi connectivity index (χ2n) is 4.41. The standard InChI is InChI=1S/C12H15BrFNO/c1-15-11(12(7-16)4-5-12)9-6-8(13)2-3-10(9)14/h2-3,6,11,15-16H,4-5,7H2,1H3. The van der Waals surface area contributed by atoms with Gasteiger partial charge in [0, 0.05) is 21.5 Å². The molecule has 1 aliphatic rings. The fourth-order valence-corrected chi connectivity index (χ4v) is 2.60. The van der Waals surface area contributed by atoms with Gasteiger partial charge in [0.15, 0.2) is 0 Å². The van der Waals surface area contributed by atoms with Crippen LogP contribution in [0.3, 0.4) is 0 Å². The van der Waals surface area contributed by atoms with Crippen LogP contribution < -0.4 is 5.32 Å². The van der Waals surface area contributed by atoms with E-state index in [4.69, 9.17) is 0 Å². The number of aliphatic hydroxyl groups is 1. The summed E-state index contributed by atoms with van der Waals surface area (Å²) in [6.45, 7) is 0.102. The van der Waals surface area contributed by atoms with Crippen molar-refractivity contribution in [1.29, 1.82) is 0 Å². The summed E-state index contributed by atoms with van der Waals surface area (Å²) in [5.41, 5.74) is 0.458. The third-order valence-corrected chi connectivity index (χ3v) is 3.87. The molecule has 1 aromatic rings. The third kappa shape index (κ3) is 2.01. The van der Waals surface area contributed by atoms with Gasteiger partial charge in [0.05, 0.1) is 6.61 Å². The van der Waals surface area contributed by atoms with Crippen LogP contribution in [0.15, 0.2) is 22.7 Å². The Labute approximate surface area is 103 Å². The lowest BCUT2D eigenvalue weighted by atomic mass is 9.90. The second-order valence-corrected chi connectivity index (χ2v) is 5.32. The Kier molecular flexibility index (Phi) is 3.33. The minimum absolute atomic E-state index is 0.102. The largest absolute Gasteiger partial charge is 0.396 e. The van der Waals surface area contributed by atoms with Crippen LogP contribution in [0.25, 0.3) is 0 Å². The third-order valence-electron chi connectivity index (χ3n) is 3.38. The highest BCUT2D eigenvalue weighted by Gasteiger charge is 2.49. The van der Waals surface area contributed by atoms with Gasteiger partial charge in [-0.25, -0.2) is 4.39 Å². The summed E-state index contributed by atoms with van der Waals surface area (Å²) in [6.07, 6.45) is 1.89. The summed E-state index contributed by atoms with van der Waals surface area (Å²) in [6, 6.07) is 4.81. The van der Waals surface area contributed by atoms with Gasteiger partial charge in [-0.2, -0.15) is 0 Å². The van der Waals surface area contributed by atoms with Crippen LogP contribution in [0.2, 0.25) is 0 Å². The number of halogens is 2. The van der Waals surface area contributed by atoms with Crippen molar-refractivity contribution < 1.29 is 9.50 Å². The summed E-state index contributed by atoms with van der Waals surface area (Å²) in [4.78, 5) is 0. The van der Waals surface area contributed by atoms with Crippen molar-refractivity contribution >= 4 is 15.9 Å². The molecule has 2 rings (SSSR count). The number of rotatable bonds is 4. The van der Waals surface area contributed by atoms with Crippen molar-refractivity contribution in [1.82, 2.24) is 5.32 Å². The predicted octanol–water partition coefficient (Wildman–Crippen LogP) is 2.62. The van der Waals surface area contributed by atoms with Gasteiger partial charge >= 0.3 is 0 Å². The van der Waals surface area contributed by atoms with E-state index in [9.17, 15) is 9.50 Å². The molecular weight excluding hydrogens is 273 g/mol. The average Bonchev–Trinajstić information content (AvgIpc) is 3.05. The molecule has 2 N–H and O–H groups in total. The van der Waals surface area contributed by atoms with Crippen molar-refractivity contribution in [2.45, 2.75) is 18.9 Å². The zero-order valence-electron chi connectivity index (χ0n) is 9.13. The second kappa shape index (κ2) is 4.43. The van der Waals surface area contributed by atoms with Gasteiger partial charge in [0.25, 0.3) is 0 Å². The van der Waals surface area contributed by atoms with Gasteiger partial charge < -0.3 is 10.4 Å². The molecule has 0 bridgehead atoms. The molecule has 0 radical (unpaired) electrons. The van der Waals surface area contributed by atoms with Crippen LogP contribution >= 0.6 is 15.9 Å². The van der Waals surface area contributed by atoms with Crippen LogP contribution in [0.1, 0.15) is 24.4 Å². The minimum atomic E-state index is -0.220. The molecule has 0 spiro atoms.